The molecule has 1 amide bonds. The zero-order chi connectivity index (χ0) is 18.8. The normalized spacial score (nSPS) is 17.4. The van der Waals surface area contributed by atoms with Crippen LogP contribution in [0.5, 0.6) is 0 Å². The Morgan fingerprint density at radius 3 is 2.74 bits per heavy atom. The van der Waals surface area contributed by atoms with Crippen molar-refractivity contribution in [1.82, 2.24) is 14.3 Å². The van der Waals surface area contributed by atoms with Crippen molar-refractivity contribution >= 4 is 11.6 Å². The monoisotopic (exact) mass is 367 g/mol. The number of aliphatic hydroxyl groups excluding tert-OH is 1. The Kier molecular flexibility index (Phi) is 4.90. The van der Waals surface area contributed by atoms with Gasteiger partial charge in [0, 0.05) is 37.2 Å². The van der Waals surface area contributed by atoms with Crippen molar-refractivity contribution in [2.45, 2.75) is 31.7 Å². The summed E-state index contributed by atoms with van der Waals surface area (Å²) in [5.74, 6) is -0.290. The first-order valence-electron chi connectivity index (χ1n) is 9.32. The van der Waals surface area contributed by atoms with Crippen molar-refractivity contribution in [3.63, 3.8) is 0 Å². The number of pyridine rings is 1. The third-order valence-corrected chi connectivity index (χ3v) is 5.19. The minimum absolute atomic E-state index is 0.00733. The van der Waals surface area contributed by atoms with Gasteiger partial charge in [-0.3, -0.25) is 4.79 Å². The number of hydrogen-bond donors (Lipinski definition) is 1. The standard InChI is InChI=1S/C21H22FN3O2/c22-17-7-4-15(5-8-17)19-14-24-13-16(6-9-20(24)23-19)21(27)25-11-2-1-3-18(25)10-12-26/h4-9,13-14,18,26H,1-3,10-12H2. The third-order valence-electron chi connectivity index (χ3n) is 5.19. The van der Waals surface area contributed by atoms with E-state index in [0.29, 0.717) is 12.0 Å². The number of imidazole rings is 1. The van der Waals surface area contributed by atoms with E-state index in [-0.39, 0.29) is 24.4 Å². The lowest BCUT2D eigenvalue weighted by atomic mass is 9.98. The predicted molar refractivity (Wildman–Crippen MR) is 101 cm³/mol. The molecule has 4 rings (SSSR count). The maximum atomic E-state index is 13.1. The van der Waals surface area contributed by atoms with Gasteiger partial charge < -0.3 is 14.4 Å². The van der Waals surface area contributed by atoms with Gasteiger partial charge in [0.15, 0.2) is 0 Å². The molecule has 1 N–H and O–H groups in total. The second-order valence-corrected chi connectivity index (χ2v) is 6.98. The van der Waals surface area contributed by atoms with Gasteiger partial charge in [-0.1, -0.05) is 0 Å². The molecule has 140 valence electrons. The van der Waals surface area contributed by atoms with E-state index in [1.807, 2.05) is 21.6 Å². The van der Waals surface area contributed by atoms with E-state index in [1.165, 1.54) is 12.1 Å². The Hall–Kier alpha value is -2.73. The second-order valence-electron chi connectivity index (χ2n) is 6.98. The number of rotatable bonds is 4. The highest BCUT2D eigenvalue weighted by molar-refractivity contribution is 5.94. The van der Waals surface area contributed by atoms with Crippen molar-refractivity contribution < 1.29 is 14.3 Å². The van der Waals surface area contributed by atoms with Gasteiger partial charge in [-0.15, -0.1) is 0 Å². The van der Waals surface area contributed by atoms with E-state index < -0.39 is 0 Å². The molecular weight excluding hydrogens is 345 g/mol. The summed E-state index contributed by atoms with van der Waals surface area (Å²) in [6, 6.07) is 9.92. The van der Waals surface area contributed by atoms with Crippen LogP contribution in [-0.2, 0) is 0 Å². The predicted octanol–water partition coefficient (Wildman–Crippen LogP) is 3.52. The van der Waals surface area contributed by atoms with Crippen LogP contribution >= 0.6 is 0 Å². The van der Waals surface area contributed by atoms with Crippen LogP contribution in [0.2, 0.25) is 0 Å². The van der Waals surface area contributed by atoms with Crippen LogP contribution in [0.1, 0.15) is 36.0 Å². The molecule has 1 fully saturated rings. The summed E-state index contributed by atoms with van der Waals surface area (Å²) in [6.45, 7) is 0.822. The molecule has 1 atom stereocenters. The number of aliphatic hydroxyl groups is 1. The van der Waals surface area contributed by atoms with Crippen LogP contribution in [0.15, 0.2) is 48.8 Å². The number of nitrogens with zero attached hydrogens (tertiary/aromatic N) is 3. The SMILES string of the molecule is O=C(c1ccc2nc(-c3ccc(F)cc3)cn2c1)N1CCCCC1CCO. The summed E-state index contributed by atoms with van der Waals surface area (Å²) in [7, 11) is 0. The number of halogens is 1. The molecule has 0 aliphatic carbocycles. The van der Waals surface area contributed by atoms with Crippen molar-refractivity contribution in [3.05, 3.63) is 60.2 Å². The van der Waals surface area contributed by atoms with Crippen molar-refractivity contribution in [2.24, 2.45) is 0 Å². The van der Waals surface area contributed by atoms with Crippen LogP contribution in [0.3, 0.4) is 0 Å². The first kappa shape index (κ1) is 17.7. The fourth-order valence-electron chi connectivity index (χ4n) is 3.76. The van der Waals surface area contributed by atoms with E-state index in [0.717, 1.165) is 42.7 Å². The van der Waals surface area contributed by atoms with Gasteiger partial charge in [0.2, 0.25) is 0 Å². The van der Waals surface area contributed by atoms with Gasteiger partial charge in [0.1, 0.15) is 11.5 Å². The highest BCUT2D eigenvalue weighted by Gasteiger charge is 2.27. The van der Waals surface area contributed by atoms with E-state index in [9.17, 15) is 14.3 Å². The lowest BCUT2D eigenvalue weighted by Crippen LogP contribution is -2.44. The molecule has 0 spiro atoms. The lowest BCUT2D eigenvalue weighted by molar-refractivity contribution is 0.0574. The number of likely N-dealkylation sites (tertiary alicyclic amines) is 1. The number of carbonyl (C=O) groups is 1. The molecular formula is C21H22FN3O2. The highest BCUT2D eigenvalue weighted by Crippen LogP contribution is 2.23. The quantitative estimate of drug-likeness (QED) is 0.768. The molecule has 3 heterocycles. The number of amides is 1. The minimum atomic E-state index is -0.283. The molecule has 2 aromatic heterocycles. The van der Waals surface area contributed by atoms with Gasteiger partial charge in [-0.25, -0.2) is 9.37 Å². The van der Waals surface area contributed by atoms with Crippen LogP contribution in [0, 0.1) is 5.82 Å². The summed E-state index contributed by atoms with van der Waals surface area (Å²) < 4.78 is 15.0. The molecule has 1 aliphatic heterocycles. The summed E-state index contributed by atoms with van der Waals surface area (Å²) in [5.41, 5.74) is 2.90. The molecule has 6 heteroatoms. The topological polar surface area (TPSA) is 57.8 Å². The molecule has 0 radical (unpaired) electrons. The van der Waals surface area contributed by atoms with Gasteiger partial charge in [0.05, 0.1) is 11.3 Å². The Morgan fingerprint density at radius 1 is 1.15 bits per heavy atom. The maximum absolute atomic E-state index is 13.1. The van der Waals surface area contributed by atoms with Crippen LogP contribution in [0.25, 0.3) is 16.9 Å². The molecule has 27 heavy (non-hydrogen) atoms. The van der Waals surface area contributed by atoms with Crippen LogP contribution in [-0.4, -0.2) is 44.5 Å². The zero-order valence-corrected chi connectivity index (χ0v) is 15.0. The molecule has 1 aliphatic rings. The molecule has 5 nitrogen and oxygen atoms in total. The second kappa shape index (κ2) is 7.48. The van der Waals surface area contributed by atoms with E-state index in [1.54, 1.807) is 24.4 Å². The Balaban J connectivity index is 1.62. The van der Waals surface area contributed by atoms with E-state index in [4.69, 9.17) is 0 Å². The number of aromatic nitrogens is 2. The molecule has 3 aromatic rings. The van der Waals surface area contributed by atoms with E-state index in [2.05, 4.69) is 4.98 Å². The van der Waals surface area contributed by atoms with Crippen molar-refractivity contribution in [2.75, 3.05) is 13.2 Å². The number of hydrogen-bond acceptors (Lipinski definition) is 3. The van der Waals surface area contributed by atoms with Crippen molar-refractivity contribution in [3.8, 4) is 11.3 Å². The van der Waals surface area contributed by atoms with Gasteiger partial charge in [-0.05, 0) is 62.1 Å². The summed E-state index contributed by atoms with van der Waals surface area (Å²) in [6.07, 6.45) is 7.29. The maximum Gasteiger partial charge on any atom is 0.255 e. The summed E-state index contributed by atoms with van der Waals surface area (Å²) in [4.78, 5) is 19.5. The van der Waals surface area contributed by atoms with Crippen LogP contribution < -0.4 is 0 Å². The van der Waals surface area contributed by atoms with Crippen LogP contribution in [0.4, 0.5) is 4.39 Å². The van der Waals surface area contributed by atoms with E-state index >= 15 is 0 Å². The summed E-state index contributed by atoms with van der Waals surface area (Å²) in [5, 5.41) is 9.28. The van der Waals surface area contributed by atoms with Gasteiger partial charge >= 0.3 is 0 Å². The molecule has 1 unspecified atom stereocenters. The Morgan fingerprint density at radius 2 is 1.96 bits per heavy atom. The Bertz CT molecular complexity index is 950. The zero-order valence-electron chi connectivity index (χ0n) is 15.0. The highest BCUT2D eigenvalue weighted by atomic mass is 19.1. The first-order valence-corrected chi connectivity index (χ1v) is 9.32. The average Bonchev–Trinajstić information content (AvgIpc) is 3.12. The third kappa shape index (κ3) is 3.57. The average molecular weight is 367 g/mol. The van der Waals surface area contributed by atoms with Gasteiger partial charge in [0.25, 0.3) is 5.91 Å². The molecule has 1 saturated heterocycles. The number of benzene rings is 1. The smallest absolute Gasteiger partial charge is 0.255 e. The van der Waals surface area contributed by atoms with Crippen molar-refractivity contribution in [1.29, 1.82) is 0 Å². The minimum Gasteiger partial charge on any atom is -0.396 e. The molecule has 0 bridgehead atoms. The largest absolute Gasteiger partial charge is 0.396 e. The Labute approximate surface area is 157 Å². The fourth-order valence-corrected chi connectivity index (χ4v) is 3.76. The first-order chi connectivity index (χ1) is 13.2. The number of fused-ring (bicyclic) bond motifs is 1. The molecule has 0 saturated carbocycles. The van der Waals surface area contributed by atoms with Gasteiger partial charge in [-0.2, -0.15) is 0 Å². The number of piperidine rings is 1. The molecule has 1 aromatic carbocycles. The summed E-state index contributed by atoms with van der Waals surface area (Å²) >= 11 is 0. The fraction of sp³-hybridized carbons (Fsp3) is 0.333. The number of carbonyl (C=O) groups excluding carboxylic acids is 1. The lowest BCUT2D eigenvalue weighted by Gasteiger charge is -2.35.